The molecule has 8 heteroatoms. The van der Waals surface area contributed by atoms with Crippen molar-refractivity contribution < 1.29 is 19.1 Å². The molecule has 0 radical (unpaired) electrons. The first kappa shape index (κ1) is 28.7. The predicted molar refractivity (Wildman–Crippen MR) is 141 cm³/mol. The van der Waals surface area contributed by atoms with Crippen LogP contribution in [0.2, 0.25) is 0 Å². The molecule has 4 atom stereocenters. The van der Waals surface area contributed by atoms with Crippen molar-refractivity contribution in [2.45, 2.75) is 58.2 Å². The Balaban J connectivity index is 2.12. The van der Waals surface area contributed by atoms with Crippen LogP contribution in [-0.4, -0.2) is 49.7 Å². The van der Waals surface area contributed by atoms with Crippen molar-refractivity contribution >= 4 is 23.2 Å². The maximum Gasteiger partial charge on any atom is 0.309 e. The molecule has 0 unspecified atom stereocenters. The molecular formula is C27H39N3O4S. The number of methoxy groups -OCH3 is 1. The number of benzene rings is 1. The lowest BCUT2D eigenvalue weighted by Gasteiger charge is -2.24. The minimum absolute atomic E-state index is 0.173. The molecule has 0 aliphatic heterocycles. The number of thiazole rings is 1. The number of esters is 1. The van der Waals surface area contributed by atoms with Gasteiger partial charge in [-0.3, -0.25) is 9.59 Å². The molecule has 2 aromatic rings. The number of nitrogens with one attached hydrogen (secondary N) is 2. The zero-order valence-electron chi connectivity index (χ0n) is 21.5. The van der Waals surface area contributed by atoms with Crippen molar-refractivity contribution in [3.05, 3.63) is 64.6 Å². The summed E-state index contributed by atoms with van der Waals surface area (Å²) in [6.45, 7) is 9.89. The lowest BCUT2D eigenvalue weighted by Crippen LogP contribution is -2.39. The van der Waals surface area contributed by atoms with Crippen LogP contribution in [0.15, 0.2) is 48.4 Å². The van der Waals surface area contributed by atoms with Crippen LogP contribution in [0.3, 0.4) is 0 Å². The van der Waals surface area contributed by atoms with Crippen LogP contribution in [0.1, 0.15) is 60.8 Å². The number of nitrogens with zero attached hydrogens (tertiary/aromatic N) is 1. The number of rotatable bonds is 15. The Bertz CT molecular complexity index is 932. The van der Waals surface area contributed by atoms with Crippen molar-refractivity contribution in [1.82, 2.24) is 15.6 Å². The minimum atomic E-state index is -0.373. The molecule has 7 nitrogen and oxygen atoms in total. The third kappa shape index (κ3) is 9.20. The van der Waals surface area contributed by atoms with E-state index < -0.39 is 0 Å². The Hall–Kier alpha value is -2.55. The highest BCUT2D eigenvalue weighted by Gasteiger charge is 2.26. The van der Waals surface area contributed by atoms with E-state index in [4.69, 9.17) is 9.47 Å². The van der Waals surface area contributed by atoms with E-state index in [1.165, 1.54) is 11.3 Å². The number of hydrogen-bond donors (Lipinski definition) is 2. The quantitative estimate of drug-likeness (QED) is 0.275. The Kier molecular flexibility index (Phi) is 12.1. The van der Waals surface area contributed by atoms with Crippen molar-refractivity contribution in [3.8, 4) is 0 Å². The summed E-state index contributed by atoms with van der Waals surface area (Å²) in [5.74, 6) is -0.495. The molecule has 0 spiro atoms. The summed E-state index contributed by atoms with van der Waals surface area (Å²) >= 11 is 1.43. The van der Waals surface area contributed by atoms with Crippen molar-refractivity contribution in [2.24, 2.45) is 11.8 Å². The van der Waals surface area contributed by atoms with E-state index in [2.05, 4.69) is 36.0 Å². The summed E-state index contributed by atoms with van der Waals surface area (Å²) in [4.78, 5) is 30.0. The van der Waals surface area contributed by atoms with Gasteiger partial charge in [-0.15, -0.1) is 11.3 Å². The first-order valence-corrected chi connectivity index (χ1v) is 12.9. The number of aromatic nitrogens is 1. The third-order valence-electron chi connectivity index (χ3n) is 6.00. The maximum absolute atomic E-state index is 13.1. The van der Waals surface area contributed by atoms with Gasteiger partial charge >= 0.3 is 5.97 Å². The molecule has 0 saturated carbocycles. The molecular weight excluding hydrogens is 462 g/mol. The van der Waals surface area contributed by atoms with Crippen LogP contribution in [0, 0.1) is 11.8 Å². The first-order chi connectivity index (χ1) is 16.8. The summed E-state index contributed by atoms with van der Waals surface area (Å²) in [5, 5.41) is 8.96. The van der Waals surface area contributed by atoms with Crippen molar-refractivity contribution in [2.75, 3.05) is 20.8 Å². The Labute approximate surface area is 213 Å². The number of amides is 1. The zero-order valence-corrected chi connectivity index (χ0v) is 22.3. The van der Waals surface area contributed by atoms with Gasteiger partial charge in [-0.1, -0.05) is 63.8 Å². The minimum Gasteiger partial charge on any atom is -0.461 e. The van der Waals surface area contributed by atoms with E-state index in [9.17, 15) is 9.59 Å². The van der Waals surface area contributed by atoms with E-state index in [-0.39, 0.29) is 42.6 Å². The molecule has 192 valence electrons. The summed E-state index contributed by atoms with van der Waals surface area (Å²) in [6.07, 6.45) is 3.16. The Morgan fingerprint density at radius 2 is 1.89 bits per heavy atom. The zero-order chi connectivity index (χ0) is 25.8. The lowest BCUT2D eigenvalue weighted by molar-refractivity contribution is -0.147. The molecule has 1 heterocycles. The standard InChI is InChI=1S/C27H39N3O4S/c1-7-13-34-27(32)19(4)14-21(15-20-11-9-8-10-12-20)29-25(31)23-17-35-26(30-23)24(33-6)16-22(28-5)18(2)3/h7-12,17-19,21-22,24,28H,1,13-16H2,2-6H3,(H,29,31)/t19-,21+,22+,24+/m0/s1. The van der Waals surface area contributed by atoms with Gasteiger partial charge in [0, 0.05) is 24.6 Å². The molecule has 35 heavy (non-hydrogen) atoms. The largest absolute Gasteiger partial charge is 0.461 e. The fourth-order valence-corrected chi connectivity index (χ4v) is 4.84. The molecule has 0 saturated heterocycles. The number of carbonyl (C=O) groups is 2. The fourth-order valence-electron chi connectivity index (χ4n) is 3.95. The van der Waals surface area contributed by atoms with Gasteiger partial charge in [0.25, 0.3) is 5.91 Å². The first-order valence-electron chi connectivity index (χ1n) is 12.1. The molecule has 1 aromatic carbocycles. The second-order valence-corrected chi connectivity index (χ2v) is 9.98. The van der Waals surface area contributed by atoms with Gasteiger partial charge in [0.05, 0.1) is 5.92 Å². The van der Waals surface area contributed by atoms with Gasteiger partial charge in [-0.25, -0.2) is 4.98 Å². The number of ether oxygens (including phenoxy) is 2. The summed E-state index contributed by atoms with van der Waals surface area (Å²) < 4.78 is 10.9. The average Bonchev–Trinajstić information content (AvgIpc) is 3.33. The highest BCUT2D eigenvalue weighted by atomic mass is 32.1. The van der Waals surface area contributed by atoms with E-state index >= 15 is 0 Å². The normalized spacial score (nSPS) is 14.7. The van der Waals surface area contributed by atoms with E-state index in [1.54, 1.807) is 18.6 Å². The lowest BCUT2D eigenvalue weighted by atomic mass is 9.96. The Morgan fingerprint density at radius 3 is 2.49 bits per heavy atom. The van der Waals surface area contributed by atoms with E-state index in [0.717, 1.165) is 17.0 Å². The number of hydrogen-bond acceptors (Lipinski definition) is 7. The van der Waals surface area contributed by atoms with Gasteiger partial charge in [-0.2, -0.15) is 0 Å². The molecule has 0 fully saturated rings. The molecule has 2 N–H and O–H groups in total. The van der Waals surface area contributed by atoms with Crippen LogP contribution in [0.4, 0.5) is 0 Å². The van der Waals surface area contributed by atoms with Crippen LogP contribution < -0.4 is 10.6 Å². The van der Waals surface area contributed by atoms with Gasteiger partial charge in [-0.05, 0) is 37.8 Å². The number of carbonyl (C=O) groups excluding carboxylic acids is 2. The van der Waals surface area contributed by atoms with Crippen LogP contribution >= 0.6 is 11.3 Å². The van der Waals surface area contributed by atoms with Crippen molar-refractivity contribution in [3.63, 3.8) is 0 Å². The smallest absolute Gasteiger partial charge is 0.309 e. The topological polar surface area (TPSA) is 89.5 Å². The van der Waals surface area contributed by atoms with Crippen LogP contribution in [0.25, 0.3) is 0 Å². The van der Waals surface area contributed by atoms with Gasteiger partial charge < -0.3 is 20.1 Å². The molecule has 0 bridgehead atoms. The fraction of sp³-hybridized carbons (Fsp3) is 0.519. The SMILES string of the molecule is C=CCOC(=O)[C@@H](C)C[C@H](Cc1ccccc1)NC(=O)c1csc([C@@H](C[C@@H](NC)C(C)C)OC)n1. The monoisotopic (exact) mass is 501 g/mol. The highest BCUT2D eigenvalue weighted by molar-refractivity contribution is 7.09. The molecule has 1 amide bonds. The Morgan fingerprint density at radius 1 is 1.17 bits per heavy atom. The van der Waals surface area contributed by atoms with Crippen molar-refractivity contribution in [1.29, 1.82) is 0 Å². The average molecular weight is 502 g/mol. The second kappa shape index (κ2) is 14.8. The van der Waals surface area contributed by atoms with Gasteiger partial charge in [0.15, 0.2) is 0 Å². The van der Waals surface area contributed by atoms with Gasteiger partial charge in [0.1, 0.15) is 23.4 Å². The summed E-state index contributed by atoms with van der Waals surface area (Å²) in [7, 11) is 3.61. The van der Waals surface area contributed by atoms with Crippen LogP contribution in [0.5, 0.6) is 0 Å². The summed E-state index contributed by atoms with van der Waals surface area (Å²) in [5.41, 5.74) is 1.44. The molecule has 0 aliphatic rings. The third-order valence-corrected chi connectivity index (χ3v) is 6.94. The molecule has 0 aliphatic carbocycles. The highest BCUT2D eigenvalue weighted by Crippen LogP contribution is 2.27. The van der Waals surface area contributed by atoms with E-state index in [1.807, 2.05) is 44.3 Å². The summed E-state index contributed by atoms with van der Waals surface area (Å²) in [6, 6.07) is 9.92. The van der Waals surface area contributed by atoms with Crippen LogP contribution in [-0.2, 0) is 20.7 Å². The van der Waals surface area contributed by atoms with E-state index in [0.29, 0.717) is 24.5 Å². The predicted octanol–water partition coefficient (Wildman–Crippen LogP) is 4.56. The second-order valence-electron chi connectivity index (χ2n) is 9.09. The van der Waals surface area contributed by atoms with Gasteiger partial charge in [0.2, 0.25) is 0 Å². The molecule has 1 aromatic heterocycles. The maximum atomic E-state index is 13.1. The molecule has 2 rings (SSSR count).